The molecule has 1 unspecified atom stereocenters. The minimum atomic E-state index is -4.84. The van der Waals surface area contributed by atoms with Crippen LogP contribution in [0, 0.1) is 5.82 Å². The molecule has 1 atom stereocenters. The number of nitrogens with one attached hydrogen (secondary N) is 1. The van der Waals surface area contributed by atoms with Crippen molar-refractivity contribution in [2.75, 3.05) is 0 Å². The first-order valence-electron chi connectivity index (χ1n) is 9.26. The SMILES string of the molecule is CC1(c2ccc(OC(F)(F)F)cc2)NC(=O)N(Cc2ncc(-c3ccc(F)cc3)o2)C1=O. The van der Waals surface area contributed by atoms with Crippen LogP contribution in [0.1, 0.15) is 18.4 Å². The van der Waals surface area contributed by atoms with E-state index in [1.165, 1.54) is 49.5 Å². The highest BCUT2D eigenvalue weighted by Gasteiger charge is 2.49. The molecule has 166 valence electrons. The predicted molar refractivity (Wildman–Crippen MR) is 101 cm³/mol. The van der Waals surface area contributed by atoms with Gasteiger partial charge >= 0.3 is 12.4 Å². The first-order chi connectivity index (χ1) is 15.0. The average Bonchev–Trinajstić information content (AvgIpc) is 3.27. The van der Waals surface area contributed by atoms with Crippen LogP contribution in [-0.2, 0) is 16.9 Å². The smallest absolute Gasteiger partial charge is 0.439 e. The number of aromatic nitrogens is 1. The monoisotopic (exact) mass is 449 g/mol. The molecule has 1 saturated heterocycles. The van der Waals surface area contributed by atoms with E-state index in [0.717, 1.165) is 17.0 Å². The van der Waals surface area contributed by atoms with E-state index in [9.17, 15) is 27.2 Å². The zero-order valence-corrected chi connectivity index (χ0v) is 16.4. The zero-order chi connectivity index (χ0) is 23.1. The summed E-state index contributed by atoms with van der Waals surface area (Å²) in [6, 6.07) is 9.43. The number of ether oxygens (including phenoxy) is 1. The number of alkyl halides is 3. The Hall–Kier alpha value is -3.89. The maximum absolute atomic E-state index is 13.1. The second kappa shape index (κ2) is 7.66. The summed E-state index contributed by atoms with van der Waals surface area (Å²) in [5.41, 5.74) is -0.666. The van der Waals surface area contributed by atoms with Gasteiger partial charge < -0.3 is 14.5 Å². The Morgan fingerprint density at radius 1 is 1.09 bits per heavy atom. The number of halogens is 4. The summed E-state index contributed by atoms with van der Waals surface area (Å²) in [6.45, 7) is 1.17. The molecule has 0 aliphatic carbocycles. The van der Waals surface area contributed by atoms with Crippen molar-refractivity contribution in [1.29, 1.82) is 0 Å². The van der Waals surface area contributed by atoms with Crippen LogP contribution in [0.3, 0.4) is 0 Å². The van der Waals surface area contributed by atoms with Crippen LogP contribution in [-0.4, -0.2) is 28.2 Å². The van der Waals surface area contributed by atoms with E-state index in [2.05, 4.69) is 15.0 Å². The van der Waals surface area contributed by atoms with E-state index >= 15 is 0 Å². The average molecular weight is 449 g/mol. The van der Waals surface area contributed by atoms with Crippen LogP contribution in [0.25, 0.3) is 11.3 Å². The second-order valence-corrected chi connectivity index (χ2v) is 7.14. The molecule has 1 aromatic heterocycles. The highest BCUT2D eigenvalue weighted by molar-refractivity contribution is 6.07. The number of benzene rings is 2. The van der Waals surface area contributed by atoms with Crippen molar-refractivity contribution in [3.05, 3.63) is 72.0 Å². The molecule has 0 bridgehead atoms. The Kier molecular flexibility index (Phi) is 5.11. The Balaban J connectivity index is 1.51. The number of hydrogen-bond donors (Lipinski definition) is 1. The van der Waals surface area contributed by atoms with E-state index in [-0.39, 0.29) is 18.0 Å². The van der Waals surface area contributed by atoms with Gasteiger partial charge in [-0.15, -0.1) is 13.2 Å². The van der Waals surface area contributed by atoms with Gasteiger partial charge in [-0.3, -0.25) is 9.69 Å². The van der Waals surface area contributed by atoms with Crippen LogP contribution in [0.5, 0.6) is 5.75 Å². The molecule has 1 fully saturated rings. The van der Waals surface area contributed by atoms with Gasteiger partial charge in [-0.2, -0.15) is 0 Å². The van der Waals surface area contributed by atoms with Gasteiger partial charge in [0.15, 0.2) is 5.76 Å². The number of oxazole rings is 1. The maximum Gasteiger partial charge on any atom is 0.573 e. The number of carbonyl (C=O) groups excluding carboxylic acids is 2. The minimum absolute atomic E-state index is 0.0750. The number of rotatable bonds is 5. The molecule has 1 aliphatic heterocycles. The molecule has 1 N–H and O–H groups in total. The summed E-state index contributed by atoms with van der Waals surface area (Å²) in [4.78, 5) is 30.4. The van der Waals surface area contributed by atoms with Gasteiger partial charge in [0.25, 0.3) is 5.91 Å². The summed E-state index contributed by atoms with van der Waals surface area (Å²) in [5, 5.41) is 2.54. The van der Waals surface area contributed by atoms with Crippen molar-refractivity contribution in [2.45, 2.75) is 25.4 Å². The molecule has 7 nitrogen and oxygen atoms in total. The van der Waals surface area contributed by atoms with Crippen molar-refractivity contribution in [3.63, 3.8) is 0 Å². The van der Waals surface area contributed by atoms with Crippen molar-refractivity contribution in [3.8, 4) is 17.1 Å². The van der Waals surface area contributed by atoms with Crippen LogP contribution in [0.2, 0.25) is 0 Å². The Bertz CT molecular complexity index is 1160. The van der Waals surface area contributed by atoms with E-state index in [4.69, 9.17) is 4.42 Å². The fourth-order valence-electron chi connectivity index (χ4n) is 3.29. The van der Waals surface area contributed by atoms with E-state index in [1.807, 2.05) is 0 Å². The third-order valence-electron chi connectivity index (χ3n) is 4.92. The Labute approximate surface area is 178 Å². The molecule has 1 aliphatic rings. The molecular weight excluding hydrogens is 434 g/mol. The van der Waals surface area contributed by atoms with Crippen molar-refractivity contribution >= 4 is 11.9 Å². The van der Waals surface area contributed by atoms with Crippen LogP contribution < -0.4 is 10.1 Å². The van der Waals surface area contributed by atoms with Gasteiger partial charge in [0.1, 0.15) is 23.7 Å². The lowest BCUT2D eigenvalue weighted by Crippen LogP contribution is -2.40. The Morgan fingerprint density at radius 3 is 2.38 bits per heavy atom. The normalized spacial score (nSPS) is 18.7. The molecule has 0 spiro atoms. The third kappa shape index (κ3) is 4.13. The summed E-state index contributed by atoms with van der Waals surface area (Å²) in [6.07, 6.45) is -3.46. The molecule has 2 aromatic carbocycles. The molecular formula is C21H15F4N3O4. The standard InChI is InChI=1S/C21H15F4N3O4/c1-20(13-4-8-15(9-5-13)32-21(23,24)25)18(29)28(19(30)27-20)11-17-26-10-16(31-17)12-2-6-14(22)7-3-12/h2-10H,11H2,1H3,(H,27,30). The molecule has 0 saturated carbocycles. The summed E-state index contributed by atoms with van der Waals surface area (Å²) >= 11 is 0. The molecule has 3 amide bonds. The lowest BCUT2D eigenvalue weighted by molar-refractivity contribution is -0.274. The molecule has 3 aromatic rings. The number of urea groups is 1. The summed E-state index contributed by atoms with van der Waals surface area (Å²) in [7, 11) is 0. The van der Waals surface area contributed by atoms with Crippen molar-refractivity contribution < 1.29 is 36.3 Å². The van der Waals surface area contributed by atoms with Gasteiger partial charge in [0.2, 0.25) is 5.89 Å². The number of nitrogens with zero attached hydrogens (tertiary/aromatic N) is 2. The van der Waals surface area contributed by atoms with Crippen LogP contribution in [0.15, 0.2) is 59.1 Å². The van der Waals surface area contributed by atoms with E-state index < -0.39 is 35.4 Å². The number of imide groups is 1. The van der Waals surface area contributed by atoms with Crippen molar-refractivity contribution in [2.24, 2.45) is 0 Å². The molecule has 4 rings (SSSR count). The van der Waals surface area contributed by atoms with Gasteiger partial charge in [-0.05, 0) is 48.9 Å². The van der Waals surface area contributed by atoms with Crippen molar-refractivity contribution in [1.82, 2.24) is 15.2 Å². The number of hydrogen-bond acceptors (Lipinski definition) is 5. The molecule has 11 heteroatoms. The van der Waals surface area contributed by atoms with Crippen LogP contribution in [0.4, 0.5) is 22.4 Å². The number of carbonyl (C=O) groups is 2. The quantitative estimate of drug-likeness (QED) is 0.463. The minimum Gasteiger partial charge on any atom is -0.439 e. The topological polar surface area (TPSA) is 84.7 Å². The first-order valence-corrected chi connectivity index (χ1v) is 9.26. The molecule has 32 heavy (non-hydrogen) atoms. The van der Waals surface area contributed by atoms with Gasteiger partial charge in [0, 0.05) is 5.56 Å². The Morgan fingerprint density at radius 2 is 1.75 bits per heavy atom. The second-order valence-electron chi connectivity index (χ2n) is 7.14. The highest BCUT2D eigenvalue weighted by Crippen LogP contribution is 2.32. The number of amides is 3. The first kappa shape index (κ1) is 21.3. The third-order valence-corrected chi connectivity index (χ3v) is 4.92. The van der Waals surface area contributed by atoms with Crippen LogP contribution >= 0.6 is 0 Å². The summed E-state index contributed by atoms with van der Waals surface area (Å²) in [5.74, 6) is -1.09. The molecule has 2 heterocycles. The lowest BCUT2D eigenvalue weighted by atomic mass is 9.92. The lowest BCUT2D eigenvalue weighted by Gasteiger charge is -2.22. The molecule has 0 radical (unpaired) electrons. The zero-order valence-electron chi connectivity index (χ0n) is 16.4. The fourth-order valence-corrected chi connectivity index (χ4v) is 3.29. The van der Waals surface area contributed by atoms with Gasteiger partial charge in [-0.1, -0.05) is 12.1 Å². The maximum atomic E-state index is 13.1. The van der Waals surface area contributed by atoms with Gasteiger partial charge in [-0.25, -0.2) is 14.2 Å². The fraction of sp³-hybridized carbons (Fsp3) is 0.190. The predicted octanol–water partition coefficient (Wildman–Crippen LogP) is 4.35. The van der Waals surface area contributed by atoms with E-state index in [1.54, 1.807) is 0 Å². The van der Waals surface area contributed by atoms with E-state index in [0.29, 0.717) is 11.3 Å². The summed E-state index contributed by atoms with van der Waals surface area (Å²) < 4.78 is 59.5. The van der Waals surface area contributed by atoms with Gasteiger partial charge in [0.05, 0.1) is 6.20 Å². The largest absolute Gasteiger partial charge is 0.573 e. The highest BCUT2D eigenvalue weighted by atomic mass is 19.4.